The molecule has 9 heteroatoms. The van der Waals surface area contributed by atoms with Gasteiger partial charge >= 0.3 is 0 Å². The van der Waals surface area contributed by atoms with Gasteiger partial charge in [-0.15, -0.1) is 0 Å². The van der Waals surface area contributed by atoms with E-state index in [2.05, 4.69) is 0 Å². The van der Waals surface area contributed by atoms with Crippen LogP contribution in [0.4, 0.5) is 5.69 Å². The average Bonchev–Trinajstić information content (AvgIpc) is 2.35. The van der Waals surface area contributed by atoms with Gasteiger partial charge in [-0.05, 0) is 12.5 Å². The van der Waals surface area contributed by atoms with Crippen molar-refractivity contribution >= 4 is 37.0 Å². The third-order valence-corrected chi connectivity index (χ3v) is 4.28. The zero-order valence-electron chi connectivity index (χ0n) is 11.3. The second-order valence-corrected chi connectivity index (χ2v) is 7.77. The number of nitrogens with zero attached hydrogens (tertiary/aromatic N) is 1. The van der Waals surface area contributed by atoms with Crippen LogP contribution in [0.25, 0.3) is 0 Å². The number of ether oxygens (including phenoxy) is 1. The quantitative estimate of drug-likeness (QED) is 0.403. The van der Waals surface area contributed by atoms with Gasteiger partial charge in [-0.2, -0.15) is 0 Å². The van der Waals surface area contributed by atoms with Gasteiger partial charge < -0.3 is 4.74 Å². The lowest BCUT2D eigenvalue weighted by molar-refractivity contribution is -0.384. The highest BCUT2D eigenvalue weighted by Crippen LogP contribution is 2.29. The molecule has 0 spiro atoms. The van der Waals surface area contributed by atoms with Crippen LogP contribution in [0.1, 0.15) is 19.8 Å². The van der Waals surface area contributed by atoms with Crippen molar-refractivity contribution < 1.29 is 18.1 Å². The van der Waals surface area contributed by atoms with E-state index >= 15 is 0 Å². The predicted molar refractivity (Wildman–Crippen MR) is 81.6 cm³/mol. The van der Waals surface area contributed by atoms with Crippen molar-refractivity contribution in [3.05, 3.63) is 33.3 Å². The summed E-state index contributed by atoms with van der Waals surface area (Å²) in [5.74, 6) is -0.174. The highest BCUT2D eigenvalue weighted by Gasteiger charge is 2.18. The first-order valence-electron chi connectivity index (χ1n) is 6.22. The molecule has 0 N–H and O–H groups in total. The lowest BCUT2D eigenvalue weighted by atomic mass is 10.1. The van der Waals surface area contributed by atoms with E-state index < -0.39 is 14.0 Å². The van der Waals surface area contributed by atoms with Crippen LogP contribution in [0.3, 0.4) is 0 Å². The Bertz CT molecular complexity index is 606. The molecule has 0 saturated heterocycles. The standard InChI is InChI=1S/C12H15Cl2NO5S/c1-2-3-9(8-21(14,18)19)7-20-12-5-4-10(15(16)17)6-11(12)13/h4-6,9H,2-3,7-8H2,1H3. The highest BCUT2D eigenvalue weighted by molar-refractivity contribution is 8.13. The minimum atomic E-state index is -3.61. The van der Waals surface area contributed by atoms with Crippen LogP contribution >= 0.6 is 22.3 Å². The fourth-order valence-corrected chi connectivity index (χ4v) is 3.42. The molecule has 0 bridgehead atoms. The van der Waals surface area contributed by atoms with Crippen molar-refractivity contribution in [3.63, 3.8) is 0 Å². The molecule has 0 radical (unpaired) electrons. The summed E-state index contributed by atoms with van der Waals surface area (Å²) in [5, 5.41) is 10.7. The Morgan fingerprint density at radius 2 is 2.10 bits per heavy atom. The van der Waals surface area contributed by atoms with Crippen LogP contribution in [0, 0.1) is 16.0 Å². The Hall–Kier alpha value is -1.05. The molecule has 1 rings (SSSR count). The van der Waals surface area contributed by atoms with Crippen molar-refractivity contribution in [1.29, 1.82) is 0 Å². The first kappa shape index (κ1) is 18.0. The van der Waals surface area contributed by atoms with Gasteiger partial charge in [-0.1, -0.05) is 24.9 Å². The Labute approximate surface area is 132 Å². The summed E-state index contributed by atoms with van der Waals surface area (Å²) in [6.45, 7) is 2.05. The molecule has 21 heavy (non-hydrogen) atoms. The van der Waals surface area contributed by atoms with E-state index in [1.807, 2.05) is 6.92 Å². The fraction of sp³-hybridized carbons (Fsp3) is 0.500. The Balaban J connectivity index is 2.73. The summed E-state index contributed by atoms with van der Waals surface area (Å²) in [4.78, 5) is 10.0. The SMILES string of the molecule is CCCC(COc1ccc([N+](=O)[O-])cc1Cl)CS(=O)(=O)Cl. The number of rotatable bonds is 8. The Morgan fingerprint density at radius 1 is 1.43 bits per heavy atom. The molecule has 0 aromatic heterocycles. The second kappa shape index (κ2) is 7.82. The Kier molecular flexibility index (Phi) is 6.70. The van der Waals surface area contributed by atoms with Crippen molar-refractivity contribution in [2.75, 3.05) is 12.4 Å². The monoisotopic (exact) mass is 355 g/mol. The van der Waals surface area contributed by atoms with Gasteiger partial charge in [0.15, 0.2) is 0 Å². The van der Waals surface area contributed by atoms with E-state index in [1.54, 1.807) is 0 Å². The summed E-state index contributed by atoms with van der Waals surface area (Å²) < 4.78 is 27.7. The molecule has 0 saturated carbocycles. The maximum Gasteiger partial charge on any atom is 0.271 e. The average molecular weight is 356 g/mol. The maximum atomic E-state index is 11.1. The van der Waals surface area contributed by atoms with Crippen LogP contribution in [0.15, 0.2) is 18.2 Å². The van der Waals surface area contributed by atoms with Crippen molar-refractivity contribution in [2.45, 2.75) is 19.8 Å². The summed E-state index contributed by atoms with van der Waals surface area (Å²) in [5.41, 5.74) is -0.138. The smallest absolute Gasteiger partial charge is 0.271 e. The third kappa shape index (κ3) is 6.50. The molecule has 0 aliphatic rings. The molecule has 118 valence electrons. The van der Waals surface area contributed by atoms with Crippen LogP contribution in [0.2, 0.25) is 5.02 Å². The lowest BCUT2D eigenvalue weighted by Crippen LogP contribution is -2.19. The number of non-ortho nitro benzene ring substituents is 1. The molecule has 0 heterocycles. The third-order valence-electron chi connectivity index (χ3n) is 2.73. The molecule has 0 amide bonds. The maximum absolute atomic E-state index is 11.1. The molecule has 1 aromatic carbocycles. The number of hydrogen-bond acceptors (Lipinski definition) is 5. The first-order chi connectivity index (χ1) is 9.73. The van der Waals surface area contributed by atoms with E-state index in [0.717, 1.165) is 6.42 Å². The van der Waals surface area contributed by atoms with Gasteiger partial charge in [0.25, 0.3) is 5.69 Å². The predicted octanol–water partition coefficient (Wildman–Crippen LogP) is 3.61. The molecular formula is C12H15Cl2NO5S. The summed E-state index contributed by atoms with van der Waals surface area (Å²) in [6.07, 6.45) is 1.42. The zero-order chi connectivity index (χ0) is 16.0. The minimum absolute atomic E-state index is 0.105. The molecular weight excluding hydrogens is 341 g/mol. The van der Waals surface area contributed by atoms with E-state index in [-0.39, 0.29) is 34.7 Å². The van der Waals surface area contributed by atoms with Gasteiger partial charge in [0, 0.05) is 28.7 Å². The van der Waals surface area contributed by atoms with Crippen LogP contribution in [0.5, 0.6) is 5.75 Å². The Morgan fingerprint density at radius 3 is 2.57 bits per heavy atom. The molecule has 1 aromatic rings. The molecule has 1 atom stereocenters. The highest BCUT2D eigenvalue weighted by atomic mass is 35.7. The second-order valence-electron chi connectivity index (χ2n) is 4.54. The van der Waals surface area contributed by atoms with Crippen molar-refractivity contribution in [2.24, 2.45) is 5.92 Å². The molecule has 1 unspecified atom stereocenters. The normalized spacial score (nSPS) is 12.9. The number of nitro groups is 1. The zero-order valence-corrected chi connectivity index (χ0v) is 13.6. The molecule has 0 aliphatic heterocycles. The number of benzene rings is 1. The fourth-order valence-electron chi connectivity index (χ4n) is 1.83. The van der Waals surface area contributed by atoms with Gasteiger partial charge in [-0.3, -0.25) is 10.1 Å². The van der Waals surface area contributed by atoms with Gasteiger partial charge in [0.1, 0.15) is 5.75 Å². The molecule has 6 nitrogen and oxygen atoms in total. The van der Waals surface area contributed by atoms with Gasteiger partial charge in [-0.25, -0.2) is 8.42 Å². The summed E-state index contributed by atoms with van der Waals surface area (Å²) >= 11 is 5.89. The van der Waals surface area contributed by atoms with E-state index in [4.69, 9.17) is 27.0 Å². The topological polar surface area (TPSA) is 86.5 Å². The first-order valence-corrected chi connectivity index (χ1v) is 9.07. The van der Waals surface area contributed by atoms with Crippen molar-refractivity contribution in [3.8, 4) is 5.75 Å². The summed E-state index contributed by atoms with van der Waals surface area (Å²) in [6, 6.07) is 3.84. The number of halogens is 2. The number of nitro benzene ring substituents is 1. The van der Waals surface area contributed by atoms with Crippen LogP contribution in [-0.4, -0.2) is 25.7 Å². The lowest BCUT2D eigenvalue weighted by Gasteiger charge is -2.16. The van der Waals surface area contributed by atoms with Crippen LogP contribution < -0.4 is 4.74 Å². The largest absolute Gasteiger partial charge is 0.492 e. The van der Waals surface area contributed by atoms with Crippen LogP contribution in [-0.2, 0) is 9.05 Å². The van der Waals surface area contributed by atoms with Crippen molar-refractivity contribution in [1.82, 2.24) is 0 Å². The number of hydrogen-bond donors (Lipinski definition) is 0. The van der Waals surface area contributed by atoms with Gasteiger partial charge in [0.05, 0.1) is 22.3 Å². The minimum Gasteiger partial charge on any atom is -0.492 e. The molecule has 0 aliphatic carbocycles. The molecule has 0 fully saturated rings. The van der Waals surface area contributed by atoms with E-state index in [1.165, 1.54) is 18.2 Å². The summed E-state index contributed by atoms with van der Waals surface area (Å²) in [7, 11) is 1.64. The van der Waals surface area contributed by atoms with E-state index in [9.17, 15) is 18.5 Å². The van der Waals surface area contributed by atoms with E-state index in [0.29, 0.717) is 6.42 Å². The van der Waals surface area contributed by atoms with Gasteiger partial charge in [0.2, 0.25) is 9.05 Å².